The summed E-state index contributed by atoms with van der Waals surface area (Å²) in [7, 11) is 0. The number of halogens is 1. The van der Waals surface area contributed by atoms with E-state index in [1.165, 1.54) is 0 Å². The number of hydrogen-bond acceptors (Lipinski definition) is 4. The van der Waals surface area contributed by atoms with Gasteiger partial charge in [-0.1, -0.05) is 0 Å². The van der Waals surface area contributed by atoms with Crippen LogP contribution in [0.5, 0.6) is 6.01 Å². The van der Waals surface area contributed by atoms with Gasteiger partial charge in [-0.3, -0.25) is 4.79 Å². The molecule has 1 aliphatic rings. The van der Waals surface area contributed by atoms with Crippen LogP contribution in [0.1, 0.15) is 16.8 Å². The van der Waals surface area contributed by atoms with Gasteiger partial charge < -0.3 is 14.2 Å². The van der Waals surface area contributed by atoms with E-state index in [-0.39, 0.29) is 12.0 Å². The summed E-state index contributed by atoms with van der Waals surface area (Å²) in [5, 5.41) is 0. The molecule has 1 saturated heterocycles. The molecule has 1 aromatic carbocycles. The average Bonchev–Trinajstić information content (AvgIpc) is 3.35. The number of benzene rings is 1. The first-order valence-corrected chi connectivity index (χ1v) is 9.15. The second kappa shape index (κ2) is 7.29. The maximum absolute atomic E-state index is 12.7. The van der Waals surface area contributed by atoms with Crippen LogP contribution in [0, 0.1) is 0 Å². The molecule has 2 aromatic heterocycles. The number of ether oxygens (including phenoxy) is 1. The minimum atomic E-state index is -0.0840. The molecule has 0 radical (unpaired) electrons. The number of hydrogen-bond donors (Lipinski definition) is 0. The van der Waals surface area contributed by atoms with Crippen LogP contribution >= 0.6 is 15.9 Å². The van der Waals surface area contributed by atoms with Gasteiger partial charge >= 0.3 is 6.01 Å². The fourth-order valence-corrected chi connectivity index (χ4v) is 3.19. The second-order valence-electron chi connectivity index (χ2n) is 6.10. The molecule has 4 rings (SSSR count). The molecule has 132 valence electrons. The van der Waals surface area contributed by atoms with Crippen molar-refractivity contribution in [2.24, 2.45) is 0 Å². The molecule has 1 fully saturated rings. The van der Waals surface area contributed by atoms with E-state index in [4.69, 9.17) is 4.74 Å². The van der Waals surface area contributed by atoms with Crippen LogP contribution in [0.15, 0.2) is 65.7 Å². The quantitative estimate of drug-likeness (QED) is 0.659. The predicted octanol–water partition coefficient (Wildman–Crippen LogP) is 3.32. The number of likely N-dealkylation sites (tertiary alicyclic amines) is 1. The monoisotopic (exact) mass is 412 g/mol. The van der Waals surface area contributed by atoms with Gasteiger partial charge in [-0.05, 0) is 52.3 Å². The zero-order chi connectivity index (χ0) is 17.9. The van der Waals surface area contributed by atoms with Gasteiger partial charge in [0.05, 0.1) is 11.0 Å². The molecule has 1 amide bonds. The van der Waals surface area contributed by atoms with Crippen molar-refractivity contribution >= 4 is 21.8 Å². The van der Waals surface area contributed by atoms with Gasteiger partial charge in [0.1, 0.15) is 6.10 Å². The lowest BCUT2D eigenvalue weighted by Crippen LogP contribution is -2.31. The smallest absolute Gasteiger partial charge is 0.316 e. The van der Waals surface area contributed by atoms with Crippen LogP contribution in [-0.2, 0) is 0 Å². The molecule has 1 aliphatic heterocycles. The standard InChI is InChI=1S/C19H17BrN4O2/c20-15-11-21-19(22-12-15)26-17-7-10-24(13-17)18(25)14-3-5-16(6-4-14)23-8-1-2-9-23/h1-6,8-9,11-12,17H,7,10,13H2. The van der Waals surface area contributed by atoms with Crippen molar-refractivity contribution in [1.82, 2.24) is 19.4 Å². The summed E-state index contributed by atoms with van der Waals surface area (Å²) in [6, 6.07) is 11.9. The Morgan fingerprint density at radius 3 is 2.50 bits per heavy atom. The third-order valence-corrected chi connectivity index (χ3v) is 4.73. The fourth-order valence-electron chi connectivity index (χ4n) is 2.98. The van der Waals surface area contributed by atoms with Crippen LogP contribution in [0.4, 0.5) is 0 Å². The molecule has 26 heavy (non-hydrogen) atoms. The highest BCUT2D eigenvalue weighted by atomic mass is 79.9. The molecule has 1 unspecified atom stereocenters. The highest BCUT2D eigenvalue weighted by Crippen LogP contribution is 2.19. The first kappa shape index (κ1) is 16.8. The van der Waals surface area contributed by atoms with Crippen molar-refractivity contribution in [2.75, 3.05) is 13.1 Å². The number of aromatic nitrogens is 3. The van der Waals surface area contributed by atoms with E-state index in [9.17, 15) is 4.79 Å². The summed E-state index contributed by atoms with van der Waals surface area (Å²) in [5.41, 5.74) is 1.71. The highest BCUT2D eigenvalue weighted by Gasteiger charge is 2.28. The van der Waals surface area contributed by atoms with E-state index >= 15 is 0 Å². The second-order valence-corrected chi connectivity index (χ2v) is 7.02. The Labute approximate surface area is 159 Å². The minimum absolute atomic E-state index is 0.0203. The number of carbonyl (C=O) groups is 1. The van der Waals surface area contributed by atoms with E-state index < -0.39 is 0 Å². The third kappa shape index (κ3) is 3.62. The summed E-state index contributed by atoms with van der Waals surface area (Å²) in [4.78, 5) is 22.8. The van der Waals surface area contributed by atoms with Gasteiger partial charge in [0.25, 0.3) is 5.91 Å². The lowest BCUT2D eigenvalue weighted by atomic mass is 10.2. The Kier molecular flexibility index (Phi) is 4.71. The van der Waals surface area contributed by atoms with E-state index in [1.54, 1.807) is 12.4 Å². The number of nitrogens with zero attached hydrogens (tertiary/aromatic N) is 4. The van der Waals surface area contributed by atoms with Crippen LogP contribution in [-0.4, -0.2) is 44.5 Å². The van der Waals surface area contributed by atoms with E-state index in [0.717, 1.165) is 16.6 Å². The first-order valence-electron chi connectivity index (χ1n) is 8.36. The molecule has 0 saturated carbocycles. The van der Waals surface area contributed by atoms with Crippen LogP contribution in [0.2, 0.25) is 0 Å². The van der Waals surface area contributed by atoms with Crippen molar-refractivity contribution in [3.8, 4) is 11.7 Å². The van der Waals surface area contributed by atoms with Gasteiger partial charge in [0.15, 0.2) is 0 Å². The molecular weight excluding hydrogens is 396 g/mol. The largest absolute Gasteiger partial charge is 0.458 e. The number of amides is 1. The Morgan fingerprint density at radius 1 is 1.12 bits per heavy atom. The Balaban J connectivity index is 1.38. The molecule has 0 spiro atoms. The lowest BCUT2D eigenvalue weighted by molar-refractivity contribution is 0.0769. The highest BCUT2D eigenvalue weighted by molar-refractivity contribution is 9.10. The van der Waals surface area contributed by atoms with E-state index in [1.807, 2.05) is 58.3 Å². The maximum atomic E-state index is 12.7. The molecule has 0 N–H and O–H groups in total. The normalized spacial score (nSPS) is 16.7. The molecule has 0 bridgehead atoms. The summed E-state index contributed by atoms with van der Waals surface area (Å²) in [6.45, 7) is 1.21. The van der Waals surface area contributed by atoms with Crippen molar-refractivity contribution in [2.45, 2.75) is 12.5 Å². The van der Waals surface area contributed by atoms with Crippen molar-refractivity contribution in [1.29, 1.82) is 0 Å². The lowest BCUT2D eigenvalue weighted by Gasteiger charge is -2.17. The van der Waals surface area contributed by atoms with Gasteiger partial charge in [0, 0.05) is 49.0 Å². The molecule has 6 nitrogen and oxygen atoms in total. The summed E-state index contributed by atoms with van der Waals surface area (Å²) in [5.74, 6) is 0.0203. The zero-order valence-electron chi connectivity index (χ0n) is 14.0. The van der Waals surface area contributed by atoms with Crippen molar-refractivity contribution in [3.05, 3.63) is 71.2 Å². The summed E-state index contributed by atoms with van der Waals surface area (Å²) >= 11 is 3.30. The average molecular weight is 413 g/mol. The molecule has 0 aliphatic carbocycles. The zero-order valence-corrected chi connectivity index (χ0v) is 15.5. The molecule has 3 aromatic rings. The number of rotatable bonds is 4. The van der Waals surface area contributed by atoms with Crippen LogP contribution < -0.4 is 4.74 Å². The fraction of sp³-hybridized carbons (Fsp3) is 0.211. The van der Waals surface area contributed by atoms with E-state index in [0.29, 0.717) is 24.7 Å². The van der Waals surface area contributed by atoms with Gasteiger partial charge in [-0.25, -0.2) is 9.97 Å². The Morgan fingerprint density at radius 2 is 1.81 bits per heavy atom. The van der Waals surface area contributed by atoms with Crippen molar-refractivity contribution < 1.29 is 9.53 Å². The Hall–Kier alpha value is -2.67. The topological polar surface area (TPSA) is 60.2 Å². The SMILES string of the molecule is O=C(c1ccc(-n2cccc2)cc1)N1CCC(Oc2ncc(Br)cn2)C1. The molecule has 1 atom stereocenters. The molecule has 3 heterocycles. The predicted molar refractivity (Wildman–Crippen MR) is 100 cm³/mol. The van der Waals surface area contributed by atoms with Crippen molar-refractivity contribution in [3.63, 3.8) is 0 Å². The van der Waals surface area contributed by atoms with Crippen LogP contribution in [0.3, 0.4) is 0 Å². The van der Waals surface area contributed by atoms with Gasteiger partial charge in [-0.2, -0.15) is 0 Å². The molecular formula is C19H17BrN4O2. The number of carbonyl (C=O) groups excluding carboxylic acids is 1. The third-order valence-electron chi connectivity index (χ3n) is 4.32. The van der Waals surface area contributed by atoms with Gasteiger partial charge in [0.2, 0.25) is 0 Å². The Bertz CT molecular complexity index is 879. The summed E-state index contributed by atoms with van der Waals surface area (Å²) < 4.78 is 8.58. The maximum Gasteiger partial charge on any atom is 0.316 e. The van der Waals surface area contributed by atoms with Gasteiger partial charge in [-0.15, -0.1) is 0 Å². The van der Waals surface area contributed by atoms with Crippen LogP contribution in [0.25, 0.3) is 5.69 Å². The van der Waals surface area contributed by atoms with E-state index in [2.05, 4.69) is 25.9 Å². The first-order chi connectivity index (χ1) is 12.7. The molecule has 7 heteroatoms. The minimum Gasteiger partial charge on any atom is -0.458 e. The summed E-state index contributed by atoms with van der Waals surface area (Å²) in [6.07, 6.45) is 7.93.